The van der Waals surface area contributed by atoms with Gasteiger partial charge in [-0.1, -0.05) is 59.6 Å². The van der Waals surface area contributed by atoms with Gasteiger partial charge in [-0.2, -0.15) is 0 Å². The molecule has 2 aromatic rings. The number of nitrogens with one attached hydrogen (secondary N) is 2. The molecule has 0 heterocycles. The van der Waals surface area contributed by atoms with Crippen LogP contribution in [0.15, 0.2) is 59.2 Å². The van der Waals surface area contributed by atoms with E-state index in [2.05, 4.69) is 26.6 Å². The van der Waals surface area contributed by atoms with Gasteiger partial charge in [0.1, 0.15) is 0 Å². The molecule has 0 radical (unpaired) electrons. The molecule has 5 nitrogen and oxygen atoms in total. The Balaban J connectivity index is 1.96. The molecule has 2 N–H and O–H groups in total. The van der Waals surface area contributed by atoms with Gasteiger partial charge in [-0.05, 0) is 36.3 Å². The number of para-hydroxylation sites is 1. The summed E-state index contributed by atoms with van der Waals surface area (Å²) in [5.74, 6) is -0.446. The number of urea groups is 1. The third-order valence-electron chi connectivity index (χ3n) is 3.51. The van der Waals surface area contributed by atoms with Crippen LogP contribution in [0.4, 0.5) is 10.5 Å². The number of hydrogen-bond donors (Lipinski definition) is 2. The van der Waals surface area contributed by atoms with E-state index >= 15 is 0 Å². The van der Waals surface area contributed by atoms with Crippen molar-refractivity contribution in [2.75, 3.05) is 11.9 Å². The third-order valence-corrected chi connectivity index (χ3v) is 4.23. The van der Waals surface area contributed by atoms with Crippen molar-refractivity contribution in [2.45, 2.75) is 19.8 Å². The highest BCUT2D eigenvalue weighted by Crippen LogP contribution is 2.18. The minimum Gasteiger partial charge on any atom is -0.462 e. The van der Waals surface area contributed by atoms with Gasteiger partial charge in [0.15, 0.2) is 0 Å². The van der Waals surface area contributed by atoms with Crippen molar-refractivity contribution in [2.24, 2.45) is 0 Å². The third kappa shape index (κ3) is 6.04. The van der Waals surface area contributed by atoms with Gasteiger partial charge >= 0.3 is 12.0 Å². The second kappa shape index (κ2) is 10.4. The van der Waals surface area contributed by atoms with Gasteiger partial charge in [-0.3, -0.25) is 0 Å². The molecule has 0 aliphatic rings. The lowest BCUT2D eigenvalue weighted by molar-refractivity contribution is 0.0501. The number of carbonyl (C=O) groups is 2. The molecular weight excluding hydrogens is 396 g/mol. The van der Waals surface area contributed by atoms with Crippen molar-refractivity contribution in [3.63, 3.8) is 0 Å². The van der Waals surface area contributed by atoms with E-state index in [1.165, 1.54) is 6.20 Å². The van der Waals surface area contributed by atoms with Gasteiger partial charge < -0.3 is 15.4 Å². The molecule has 6 heteroatoms. The summed E-state index contributed by atoms with van der Waals surface area (Å²) in [5, 5.41) is 5.29. The molecule has 2 rings (SSSR count). The van der Waals surface area contributed by atoms with E-state index in [-0.39, 0.29) is 0 Å². The highest BCUT2D eigenvalue weighted by Gasteiger charge is 2.13. The SMILES string of the molecule is CCCCOC(=O)c1ccccc1NC(=O)N/C=C/c1ccccc1Br. The summed E-state index contributed by atoms with van der Waals surface area (Å²) in [4.78, 5) is 24.2. The number of esters is 1. The standard InChI is InChI=1S/C20H21BrN2O3/c1-2-3-14-26-19(24)16-9-5-7-11-18(16)23-20(25)22-13-12-15-8-4-6-10-17(15)21/h4-13H,2-3,14H2,1H3,(H2,22,23,25)/b13-12+. The van der Waals surface area contributed by atoms with Crippen molar-refractivity contribution in [1.29, 1.82) is 0 Å². The highest BCUT2D eigenvalue weighted by atomic mass is 79.9. The number of hydrogen-bond acceptors (Lipinski definition) is 3. The lowest BCUT2D eigenvalue weighted by atomic mass is 10.2. The number of benzene rings is 2. The fraction of sp³-hybridized carbons (Fsp3) is 0.200. The molecule has 136 valence electrons. The van der Waals surface area contributed by atoms with E-state index < -0.39 is 12.0 Å². The Kier molecular flexibility index (Phi) is 7.89. The first-order valence-corrected chi connectivity index (χ1v) is 9.16. The highest BCUT2D eigenvalue weighted by molar-refractivity contribution is 9.10. The topological polar surface area (TPSA) is 67.4 Å². The van der Waals surface area contributed by atoms with E-state index in [1.807, 2.05) is 31.2 Å². The first kappa shape index (κ1) is 19.7. The van der Waals surface area contributed by atoms with Crippen molar-refractivity contribution in [3.05, 3.63) is 70.3 Å². The molecule has 0 bridgehead atoms. The summed E-state index contributed by atoms with van der Waals surface area (Å²) in [7, 11) is 0. The van der Waals surface area contributed by atoms with Crippen LogP contribution in [0.3, 0.4) is 0 Å². The number of rotatable bonds is 7. The summed E-state index contributed by atoms with van der Waals surface area (Å²) < 4.78 is 6.14. The number of halogens is 1. The van der Waals surface area contributed by atoms with Crippen LogP contribution in [0.25, 0.3) is 6.08 Å². The van der Waals surface area contributed by atoms with Crippen LogP contribution in [0.1, 0.15) is 35.7 Å². The van der Waals surface area contributed by atoms with E-state index in [4.69, 9.17) is 4.74 Å². The molecule has 2 amide bonds. The molecule has 26 heavy (non-hydrogen) atoms. The van der Waals surface area contributed by atoms with Crippen LogP contribution in [0.2, 0.25) is 0 Å². The monoisotopic (exact) mass is 416 g/mol. The minimum absolute atomic E-state index is 0.327. The molecule has 0 aliphatic heterocycles. The number of amides is 2. The summed E-state index contributed by atoms with van der Waals surface area (Å²) >= 11 is 3.44. The molecule has 0 aromatic heterocycles. The van der Waals surface area contributed by atoms with E-state index in [9.17, 15) is 9.59 Å². The molecule has 0 aliphatic carbocycles. The quantitative estimate of drug-likeness (QED) is 0.481. The number of anilines is 1. The van der Waals surface area contributed by atoms with Crippen molar-refractivity contribution < 1.29 is 14.3 Å². The van der Waals surface area contributed by atoms with Crippen molar-refractivity contribution in [1.82, 2.24) is 5.32 Å². The molecule has 0 saturated carbocycles. The molecule has 0 unspecified atom stereocenters. The lowest BCUT2D eigenvalue weighted by Crippen LogP contribution is -2.25. The Labute approximate surface area is 161 Å². The average Bonchev–Trinajstić information content (AvgIpc) is 2.64. The van der Waals surface area contributed by atoms with Gasteiger partial charge in [0.05, 0.1) is 17.9 Å². The Morgan fingerprint density at radius 1 is 1.12 bits per heavy atom. The van der Waals surface area contributed by atoms with E-state index in [0.29, 0.717) is 17.9 Å². The predicted molar refractivity (Wildman–Crippen MR) is 107 cm³/mol. The van der Waals surface area contributed by atoms with Gasteiger partial charge in [0.25, 0.3) is 0 Å². The van der Waals surface area contributed by atoms with Crippen LogP contribution >= 0.6 is 15.9 Å². The van der Waals surface area contributed by atoms with E-state index in [1.54, 1.807) is 30.3 Å². The smallest absolute Gasteiger partial charge is 0.340 e. The van der Waals surface area contributed by atoms with Crippen LogP contribution < -0.4 is 10.6 Å². The fourth-order valence-electron chi connectivity index (χ4n) is 2.13. The largest absolute Gasteiger partial charge is 0.462 e. The zero-order valence-corrected chi connectivity index (χ0v) is 16.1. The summed E-state index contributed by atoms with van der Waals surface area (Å²) in [6.07, 6.45) is 5.06. The Morgan fingerprint density at radius 2 is 1.85 bits per heavy atom. The zero-order valence-electron chi connectivity index (χ0n) is 14.5. The normalized spacial score (nSPS) is 10.5. The number of unbranched alkanes of at least 4 members (excludes halogenated alkanes) is 1. The Bertz CT molecular complexity index is 790. The van der Waals surface area contributed by atoms with Gasteiger partial charge in [0, 0.05) is 10.7 Å². The summed E-state index contributed by atoms with van der Waals surface area (Å²) in [5.41, 5.74) is 1.67. The molecule has 0 atom stereocenters. The van der Waals surface area contributed by atoms with Gasteiger partial charge in [0.2, 0.25) is 0 Å². The fourth-order valence-corrected chi connectivity index (χ4v) is 2.55. The van der Waals surface area contributed by atoms with Gasteiger partial charge in [-0.15, -0.1) is 0 Å². The second-order valence-electron chi connectivity index (χ2n) is 5.49. The van der Waals surface area contributed by atoms with E-state index in [0.717, 1.165) is 22.9 Å². The predicted octanol–water partition coefficient (Wildman–Crippen LogP) is 5.20. The second-order valence-corrected chi connectivity index (χ2v) is 6.34. The molecule has 0 saturated heterocycles. The maximum absolute atomic E-state index is 12.1. The maximum Gasteiger partial charge on any atom is 0.340 e. The summed E-state index contributed by atoms with van der Waals surface area (Å²) in [6.45, 7) is 2.39. The average molecular weight is 417 g/mol. The first-order chi connectivity index (χ1) is 12.6. The summed E-state index contributed by atoms with van der Waals surface area (Å²) in [6, 6.07) is 14.0. The first-order valence-electron chi connectivity index (χ1n) is 8.36. The lowest BCUT2D eigenvalue weighted by Gasteiger charge is -2.10. The number of carbonyl (C=O) groups excluding carboxylic acids is 2. The molecular formula is C20H21BrN2O3. The maximum atomic E-state index is 12.1. The van der Waals surface area contributed by atoms with Crippen LogP contribution in [0.5, 0.6) is 0 Å². The van der Waals surface area contributed by atoms with Crippen LogP contribution in [-0.4, -0.2) is 18.6 Å². The van der Waals surface area contributed by atoms with Crippen LogP contribution in [-0.2, 0) is 4.74 Å². The molecule has 0 spiro atoms. The Morgan fingerprint density at radius 3 is 2.62 bits per heavy atom. The minimum atomic E-state index is -0.446. The Hall–Kier alpha value is -2.60. The number of ether oxygens (including phenoxy) is 1. The van der Waals surface area contributed by atoms with Crippen molar-refractivity contribution in [3.8, 4) is 0 Å². The van der Waals surface area contributed by atoms with Gasteiger partial charge in [-0.25, -0.2) is 9.59 Å². The molecule has 0 fully saturated rings. The zero-order chi connectivity index (χ0) is 18.8. The van der Waals surface area contributed by atoms with Crippen LogP contribution in [0, 0.1) is 0 Å². The van der Waals surface area contributed by atoms with Crippen molar-refractivity contribution >= 4 is 39.7 Å². The molecule has 2 aromatic carbocycles.